The van der Waals surface area contributed by atoms with E-state index in [2.05, 4.69) is 20.8 Å². The highest BCUT2D eigenvalue weighted by Crippen LogP contribution is 2.23. The van der Waals surface area contributed by atoms with Crippen molar-refractivity contribution in [2.75, 3.05) is 45.6 Å². The molecule has 9 nitrogen and oxygen atoms in total. The van der Waals surface area contributed by atoms with Crippen LogP contribution in [0.5, 0.6) is 0 Å². The third-order valence-corrected chi connectivity index (χ3v) is 6.28. The van der Waals surface area contributed by atoms with Gasteiger partial charge in [0.05, 0.1) is 0 Å². The maximum atomic E-state index is 12.8. The Labute approximate surface area is 192 Å². The van der Waals surface area contributed by atoms with Gasteiger partial charge in [-0.1, -0.05) is 29.0 Å². The first kappa shape index (κ1) is 23.8. The highest BCUT2D eigenvalue weighted by molar-refractivity contribution is 7.15. The highest BCUT2D eigenvalue weighted by atomic mass is 32.1. The molecule has 0 saturated carbocycles. The van der Waals surface area contributed by atoms with Gasteiger partial charge in [-0.15, -0.1) is 10.2 Å². The summed E-state index contributed by atoms with van der Waals surface area (Å²) in [7, 11) is 3.94. The fourth-order valence-electron chi connectivity index (χ4n) is 3.45. The Morgan fingerprint density at radius 3 is 2.41 bits per heavy atom. The molecule has 1 saturated heterocycles. The van der Waals surface area contributed by atoms with Gasteiger partial charge in [-0.25, -0.2) is 0 Å². The summed E-state index contributed by atoms with van der Waals surface area (Å²) < 4.78 is 0. The minimum Gasteiger partial charge on any atom is -0.355 e. The molecule has 1 fully saturated rings. The van der Waals surface area contributed by atoms with Crippen LogP contribution < -0.4 is 10.6 Å². The highest BCUT2D eigenvalue weighted by Gasteiger charge is 2.27. The molecule has 1 aliphatic rings. The SMILES string of the molecule is Cc1ccc(NC(=O)c2nnc(C(=O)N3CCC(CC(=O)NCCN(C)C)CC3)s2)cc1. The Kier molecular flexibility index (Phi) is 8.29. The fourth-order valence-corrected chi connectivity index (χ4v) is 4.16. The standard InChI is InChI=1S/C22H30N6O3S/c1-15-4-6-17(7-5-15)24-19(30)20-25-26-21(32-20)22(31)28-11-8-16(9-12-28)14-18(29)23-10-13-27(2)3/h4-7,16H,8-14H2,1-3H3,(H,23,29)(H,24,30). The van der Waals surface area contributed by atoms with Crippen molar-refractivity contribution in [1.82, 2.24) is 25.3 Å². The van der Waals surface area contributed by atoms with Gasteiger partial charge in [0, 0.05) is 38.3 Å². The molecule has 0 unspecified atom stereocenters. The van der Waals surface area contributed by atoms with Gasteiger partial charge in [0.25, 0.3) is 11.8 Å². The third-order valence-electron chi connectivity index (χ3n) is 5.37. The number of amides is 3. The van der Waals surface area contributed by atoms with Crippen LogP contribution in [-0.2, 0) is 4.79 Å². The number of aromatic nitrogens is 2. The number of piperidine rings is 1. The van der Waals surface area contributed by atoms with E-state index >= 15 is 0 Å². The number of nitrogens with one attached hydrogen (secondary N) is 2. The molecule has 0 atom stereocenters. The number of carbonyl (C=O) groups is 3. The van der Waals surface area contributed by atoms with Gasteiger partial charge in [-0.3, -0.25) is 14.4 Å². The molecule has 2 heterocycles. The molecule has 172 valence electrons. The van der Waals surface area contributed by atoms with Gasteiger partial charge in [-0.2, -0.15) is 0 Å². The predicted octanol–water partition coefficient (Wildman–Crippen LogP) is 2.02. The van der Waals surface area contributed by atoms with E-state index in [1.54, 1.807) is 4.90 Å². The summed E-state index contributed by atoms with van der Waals surface area (Å²) in [4.78, 5) is 41.0. The Morgan fingerprint density at radius 1 is 1.09 bits per heavy atom. The normalized spacial score (nSPS) is 14.4. The Balaban J connectivity index is 1.46. The van der Waals surface area contributed by atoms with Crippen LogP contribution in [0.4, 0.5) is 5.69 Å². The van der Waals surface area contributed by atoms with Crippen molar-refractivity contribution < 1.29 is 14.4 Å². The van der Waals surface area contributed by atoms with Crippen molar-refractivity contribution in [1.29, 1.82) is 0 Å². The summed E-state index contributed by atoms with van der Waals surface area (Å²) in [5, 5.41) is 13.9. The molecule has 10 heteroatoms. The smallest absolute Gasteiger partial charge is 0.286 e. The largest absolute Gasteiger partial charge is 0.355 e. The Morgan fingerprint density at radius 2 is 1.75 bits per heavy atom. The fraction of sp³-hybridized carbons (Fsp3) is 0.500. The van der Waals surface area contributed by atoms with E-state index in [-0.39, 0.29) is 33.7 Å². The summed E-state index contributed by atoms with van der Waals surface area (Å²) in [6, 6.07) is 7.43. The zero-order chi connectivity index (χ0) is 23.1. The number of nitrogens with zero attached hydrogens (tertiary/aromatic N) is 4. The first-order chi connectivity index (χ1) is 15.3. The lowest BCUT2D eigenvalue weighted by molar-refractivity contribution is -0.122. The third kappa shape index (κ3) is 6.83. The number of hydrogen-bond donors (Lipinski definition) is 2. The second-order valence-corrected chi connectivity index (χ2v) is 9.30. The topological polar surface area (TPSA) is 108 Å². The maximum absolute atomic E-state index is 12.8. The number of aryl methyl sites for hydroxylation is 1. The monoisotopic (exact) mass is 458 g/mol. The first-order valence-electron chi connectivity index (χ1n) is 10.7. The molecule has 32 heavy (non-hydrogen) atoms. The second kappa shape index (κ2) is 11.1. The van der Waals surface area contributed by atoms with E-state index in [4.69, 9.17) is 0 Å². The molecule has 0 aliphatic carbocycles. The van der Waals surface area contributed by atoms with Crippen molar-refractivity contribution in [3.05, 3.63) is 39.8 Å². The number of likely N-dealkylation sites (tertiary alicyclic amines) is 1. The lowest BCUT2D eigenvalue weighted by Crippen LogP contribution is -2.40. The average Bonchev–Trinajstić information content (AvgIpc) is 3.25. The van der Waals surface area contributed by atoms with Crippen LogP contribution in [0.15, 0.2) is 24.3 Å². The molecule has 1 aliphatic heterocycles. The van der Waals surface area contributed by atoms with Crippen LogP contribution in [-0.4, -0.2) is 78.0 Å². The lowest BCUT2D eigenvalue weighted by Gasteiger charge is -2.31. The van der Waals surface area contributed by atoms with E-state index < -0.39 is 0 Å². The molecule has 1 aromatic heterocycles. The van der Waals surface area contributed by atoms with Crippen molar-refractivity contribution in [3.8, 4) is 0 Å². The lowest BCUT2D eigenvalue weighted by atomic mass is 9.93. The molecule has 3 rings (SSSR count). The summed E-state index contributed by atoms with van der Waals surface area (Å²) >= 11 is 0.994. The van der Waals surface area contributed by atoms with Crippen LogP contribution >= 0.6 is 11.3 Å². The molecule has 2 aromatic rings. The molecular formula is C22H30N6O3S. The van der Waals surface area contributed by atoms with Crippen molar-refractivity contribution in [3.63, 3.8) is 0 Å². The van der Waals surface area contributed by atoms with Crippen molar-refractivity contribution >= 4 is 34.7 Å². The van der Waals surface area contributed by atoms with Crippen LogP contribution in [0.25, 0.3) is 0 Å². The van der Waals surface area contributed by atoms with Crippen LogP contribution in [0.2, 0.25) is 0 Å². The minimum absolute atomic E-state index is 0.0602. The van der Waals surface area contributed by atoms with Gasteiger partial charge in [-0.05, 0) is 51.9 Å². The van der Waals surface area contributed by atoms with Gasteiger partial charge in [0.1, 0.15) is 0 Å². The van der Waals surface area contributed by atoms with E-state index in [0.717, 1.165) is 36.3 Å². The van der Waals surface area contributed by atoms with Gasteiger partial charge in [0.2, 0.25) is 15.9 Å². The Hall–Kier alpha value is -2.85. The van der Waals surface area contributed by atoms with Crippen molar-refractivity contribution in [2.45, 2.75) is 26.2 Å². The summed E-state index contributed by atoms with van der Waals surface area (Å²) in [6.45, 7) is 4.56. The number of hydrogen-bond acceptors (Lipinski definition) is 7. The second-order valence-electron chi connectivity index (χ2n) is 8.33. The van der Waals surface area contributed by atoms with Crippen LogP contribution in [0, 0.1) is 12.8 Å². The van der Waals surface area contributed by atoms with E-state index in [1.165, 1.54) is 0 Å². The number of likely N-dealkylation sites (N-methyl/N-ethyl adjacent to an activating group) is 1. The van der Waals surface area contributed by atoms with E-state index in [0.29, 0.717) is 31.7 Å². The van der Waals surface area contributed by atoms with Crippen molar-refractivity contribution in [2.24, 2.45) is 5.92 Å². The minimum atomic E-state index is -0.385. The summed E-state index contributed by atoms with van der Waals surface area (Å²) in [5.74, 6) is -0.274. The molecule has 3 amide bonds. The molecule has 0 spiro atoms. The first-order valence-corrected chi connectivity index (χ1v) is 11.6. The van der Waals surface area contributed by atoms with Crippen LogP contribution in [0.1, 0.15) is 44.4 Å². The zero-order valence-electron chi connectivity index (χ0n) is 18.8. The van der Waals surface area contributed by atoms with Gasteiger partial charge < -0.3 is 20.4 Å². The molecule has 1 aromatic carbocycles. The Bertz CT molecular complexity index is 935. The summed E-state index contributed by atoms with van der Waals surface area (Å²) in [5.41, 5.74) is 1.76. The van der Waals surface area contributed by atoms with E-state index in [1.807, 2.05) is 50.2 Å². The van der Waals surface area contributed by atoms with E-state index in [9.17, 15) is 14.4 Å². The van der Waals surface area contributed by atoms with Gasteiger partial charge in [0.15, 0.2) is 0 Å². The predicted molar refractivity (Wildman–Crippen MR) is 124 cm³/mol. The number of benzene rings is 1. The maximum Gasteiger partial charge on any atom is 0.286 e. The number of carbonyl (C=O) groups excluding carboxylic acids is 3. The molecule has 0 radical (unpaired) electrons. The van der Waals surface area contributed by atoms with Crippen LogP contribution in [0.3, 0.4) is 0 Å². The zero-order valence-corrected chi connectivity index (χ0v) is 19.6. The molecule has 2 N–H and O–H groups in total. The molecule has 0 bridgehead atoms. The van der Waals surface area contributed by atoms with Gasteiger partial charge >= 0.3 is 0 Å². The average molecular weight is 459 g/mol. The summed E-state index contributed by atoms with van der Waals surface area (Å²) in [6.07, 6.45) is 2.02. The quantitative estimate of drug-likeness (QED) is 0.627. The molecular weight excluding hydrogens is 428 g/mol. The number of anilines is 1. The number of rotatable bonds is 8.